The average Bonchev–Trinajstić information content (AvgIpc) is 3.49. The largest absolute Gasteiger partial charge is 0.350 e. The molecule has 3 aromatic rings. The third-order valence-corrected chi connectivity index (χ3v) is 6.49. The van der Waals surface area contributed by atoms with Crippen LogP contribution in [0, 0.1) is 0 Å². The van der Waals surface area contributed by atoms with E-state index in [1.165, 1.54) is 11.9 Å². The quantitative estimate of drug-likeness (QED) is 0.359. The van der Waals surface area contributed by atoms with E-state index in [4.69, 9.17) is 5.73 Å². The first kappa shape index (κ1) is 25.1. The van der Waals surface area contributed by atoms with Crippen molar-refractivity contribution in [2.45, 2.75) is 43.9 Å². The third kappa shape index (κ3) is 5.80. The van der Waals surface area contributed by atoms with Crippen LogP contribution in [0.3, 0.4) is 0 Å². The van der Waals surface area contributed by atoms with E-state index >= 15 is 0 Å². The molecule has 1 aromatic heterocycles. The summed E-state index contributed by atoms with van der Waals surface area (Å²) < 4.78 is 1.68. The number of hydrogen-bond donors (Lipinski definition) is 4. The molecular weight excluding hydrogens is 460 g/mol. The molecule has 1 fully saturated rings. The van der Waals surface area contributed by atoms with Gasteiger partial charge in [-0.3, -0.25) is 9.59 Å². The second kappa shape index (κ2) is 11.2. The third-order valence-electron chi connectivity index (χ3n) is 6.49. The number of likely N-dealkylation sites (tertiary alicyclic amines) is 1. The smallest absolute Gasteiger partial charge is 0.314 e. The Labute approximate surface area is 209 Å². The topological polar surface area (TPSA) is 147 Å². The summed E-state index contributed by atoms with van der Waals surface area (Å²) in [6.07, 6.45) is 1.42. The summed E-state index contributed by atoms with van der Waals surface area (Å²) in [6.45, 7) is 0.492. The normalized spacial score (nSPS) is 18.1. The van der Waals surface area contributed by atoms with Gasteiger partial charge in [-0.15, -0.1) is 5.10 Å². The van der Waals surface area contributed by atoms with Gasteiger partial charge >= 0.3 is 6.03 Å². The van der Waals surface area contributed by atoms with Crippen LogP contribution in [-0.4, -0.2) is 69.5 Å². The Kier molecular flexibility index (Phi) is 7.79. The Balaban J connectivity index is 1.42. The lowest BCUT2D eigenvalue weighted by Crippen LogP contribution is -2.51. The van der Waals surface area contributed by atoms with Crippen LogP contribution in [0.2, 0.25) is 0 Å². The standard InChI is InChI=1S/C25H32N8O3/c1-27-25(36)29-18-13-22(23(34)28-14-17-9-11-21-20(12-17)30-31-32(21)2)33(15-18)24(35)19(26)10-8-16-6-4-3-5-7-16/h3-7,9,11-12,18-19,22H,8,10,13-15,26H2,1-2H3,(H,28,34)(H2,27,29,36). The summed E-state index contributed by atoms with van der Waals surface area (Å²) in [5, 5.41) is 16.4. The van der Waals surface area contributed by atoms with Gasteiger partial charge in [0.05, 0.1) is 17.6 Å². The molecule has 0 saturated carbocycles. The van der Waals surface area contributed by atoms with Gasteiger partial charge in [0, 0.05) is 27.2 Å². The number of urea groups is 1. The lowest BCUT2D eigenvalue weighted by molar-refractivity contribution is -0.139. The van der Waals surface area contributed by atoms with E-state index in [1.54, 1.807) is 4.68 Å². The SMILES string of the molecule is CNC(=O)NC1CC(C(=O)NCc2ccc3c(c2)nnn3C)N(C(=O)C(N)CCc2ccccc2)C1. The van der Waals surface area contributed by atoms with Crippen LogP contribution in [0.1, 0.15) is 24.0 Å². The molecule has 2 heterocycles. The number of nitrogens with zero attached hydrogens (tertiary/aromatic N) is 4. The number of carbonyl (C=O) groups is 3. The molecule has 190 valence electrons. The monoisotopic (exact) mass is 492 g/mol. The van der Waals surface area contributed by atoms with Crippen molar-refractivity contribution in [1.82, 2.24) is 35.8 Å². The van der Waals surface area contributed by atoms with E-state index in [2.05, 4.69) is 26.3 Å². The maximum Gasteiger partial charge on any atom is 0.314 e. The molecule has 0 aliphatic carbocycles. The molecule has 3 unspecified atom stereocenters. The maximum absolute atomic E-state index is 13.3. The van der Waals surface area contributed by atoms with E-state index in [-0.39, 0.29) is 37.0 Å². The number of nitrogens with two attached hydrogens (primary N) is 1. The Morgan fingerprint density at radius 1 is 1.14 bits per heavy atom. The van der Waals surface area contributed by atoms with Crippen molar-refractivity contribution in [2.24, 2.45) is 12.8 Å². The predicted molar refractivity (Wildman–Crippen MR) is 135 cm³/mol. The molecule has 11 heteroatoms. The zero-order valence-corrected chi connectivity index (χ0v) is 20.5. The predicted octanol–water partition coefficient (Wildman–Crippen LogP) is 0.443. The lowest BCUT2D eigenvalue weighted by atomic mass is 10.0. The summed E-state index contributed by atoms with van der Waals surface area (Å²) in [6, 6.07) is 13.3. The summed E-state index contributed by atoms with van der Waals surface area (Å²) >= 11 is 0. The van der Waals surface area contributed by atoms with Crippen molar-refractivity contribution in [3.8, 4) is 0 Å². The molecule has 5 N–H and O–H groups in total. The van der Waals surface area contributed by atoms with Crippen molar-refractivity contribution >= 4 is 28.9 Å². The Morgan fingerprint density at radius 2 is 1.92 bits per heavy atom. The number of hydrogen-bond acceptors (Lipinski definition) is 6. The molecule has 11 nitrogen and oxygen atoms in total. The van der Waals surface area contributed by atoms with Crippen LogP contribution < -0.4 is 21.7 Å². The number of aromatic nitrogens is 3. The zero-order chi connectivity index (χ0) is 25.7. The van der Waals surface area contributed by atoms with Crippen molar-refractivity contribution in [3.05, 3.63) is 59.7 Å². The fourth-order valence-electron chi connectivity index (χ4n) is 4.50. The van der Waals surface area contributed by atoms with Crippen LogP contribution in [0.4, 0.5) is 4.79 Å². The van der Waals surface area contributed by atoms with E-state index in [0.717, 1.165) is 22.2 Å². The number of rotatable bonds is 8. The molecule has 4 rings (SSSR count). The van der Waals surface area contributed by atoms with E-state index in [9.17, 15) is 14.4 Å². The number of carbonyl (C=O) groups excluding carboxylic acids is 3. The molecule has 36 heavy (non-hydrogen) atoms. The number of aryl methyl sites for hydroxylation is 2. The number of fused-ring (bicyclic) bond motifs is 1. The second-order valence-corrected chi connectivity index (χ2v) is 9.05. The first-order chi connectivity index (χ1) is 17.4. The minimum absolute atomic E-state index is 0.217. The summed E-state index contributed by atoms with van der Waals surface area (Å²) in [7, 11) is 3.33. The van der Waals surface area contributed by atoms with Crippen molar-refractivity contribution in [1.29, 1.82) is 0 Å². The summed E-state index contributed by atoms with van der Waals surface area (Å²) in [5.41, 5.74) is 9.85. The highest BCUT2D eigenvalue weighted by atomic mass is 16.2. The molecule has 1 aliphatic rings. The molecule has 1 aliphatic heterocycles. The highest BCUT2D eigenvalue weighted by molar-refractivity contribution is 5.91. The van der Waals surface area contributed by atoms with Crippen LogP contribution in [-0.2, 0) is 29.6 Å². The first-order valence-electron chi connectivity index (χ1n) is 12.0. The lowest BCUT2D eigenvalue weighted by Gasteiger charge is -2.26. The molecule has 0 spiro atoms. The van der Waals surface area contributed by atoms with Gasteiger partial charge in [0.1, 0.15) is 11.6 Å². The number of benzene rings is 2. The van der Waals surface area contributed by atoms with E-state index < -0.39 is 12.1 Å². The molecule has 2 aromatic carbocycles. The summed E-state index contributed by atoms with van der Waals surface area (Å²) in [4.78, 5) is 39.8. The van der Waals surface area contributed by atoms with Crippen LogP contribution in [0.15, 0.2) is 48.5 Å². The van der Waals surface area contributed by atoms with Gasteiger partial charge in [0.25, 0.3) is 0 Å². The van der Waals surface area contributed by atoms with Gasteiger partial charge in [-0.25, -0.2) is 9.48 Å². The van der Waals surface area contributed by atoms with Gasteiger partial charge in [0.2, 0.25) is 11.8 Å². The molecule has 0 bridgehead atoms. The average molecular weight is 493 g/mol. The highest BCUT2D eigenvalue weighted by Crippen LogP contribution is 2.21. The fourth-order valence-corrected chi connectivity index (χ4v) is 4.50. The molecule has 0 radical (unpaired) electrons. The van der Waals surface area contributed by atoms with Gasteiger partial charge in [-0.1, -0.05) is 41.6 Å². The van der Waals surface area contributed by atoms with Gasteiger partial charge in [-0.05, 0) is 42.5 Å². The van der Waals surface area contributed by atoms with Crippen molar-refractivity contribution in [2.75, 3.05) is 13.6 Å². The number of nitrogens with one attached hydrogen (secondary N) is 3. The Morgan fingerprint density at radius 3 is 2.67 bits per heavy atom. The van der Waals surface area contributed by atoms with Gasteiger partial charge < -0.3 is 26.6 Å². The van der Waals surface area contributed by atoms with Gasteiger partial charge in [-0.2, -0.15) is 0 Å². The van der Waals surface area contributed by atoms with E-state index in [0.29, 0.717) is 19.3 Å². The second-order valence-electron chi connectivity index (χ2n) is 9.05. The maximum atomic E-state index is 13.3. The van der Waals surface area contributed by atoms with Crippen LogP contribution >= 0.6 is 0 Å². The van der Waals surface area contributed by atoms with Crippen molar-refractivity contribution < 1.29 is 14.4 Å². The minimum atomic E-state index is -0.752. The first-order valence-corrected chi connectivity index (χ1v) is 12.0. The van der Waals surface area contributed by atoms with Crippen LogP contribution in [0.25, 0.3) is 11.0 Å². The van der Waals surface area contributed by atoms with E-state index in [1.807, 2.05) is 55.6 Å². The van der Waals surface area contributed by atoms with Gasteiger partial charge in [0.15, 0.2) is 0 Å². The fraction of sp³-hybridized carbons (Fsp3) is 0.400. The zero-order valence-electron chi connectivity index (χ0n) is 20.5. The molecule has 1 saturated heterocycles. The summed E-state index contributed by atoms with van der Waals surface area (Å²) in [5.74, 6) is -0.590. The highest BCUT2D eigenvalue weighted by Gasteiger charge is 2.41. The Hall–Kier alpha value is -3.99. The molecule has 4 amide bonds. The minimum Gasteiger partial charge on any atom is -0.350 e. The molecular formula is C25H32N8O3. The number of amides is 4. The van der Waals surface area contributed by atoms with Crippen molar-refractivity contribution in [3.63, 3.8) is 0 Å². The molecule has 3 atom stereocenters. The Bertz CT molecular complexity index is 1230. The van der Waals surface area contributed by atoms with Crippen LogP contribution in [0.5, 0.6) is 0 Å².